The van der Waals surface area contributed by atoms with Gasteiger partial charge in [0, 0.05) is 36.4 Å². The van der Waals surface area contributed by atoms with Crippen LogP contribution in [0.3, 0.4) is 0 Å². The van der Waals surface area contributed by atoms with Gasteiger partial charge in [-0.15, -0.1) is 0 Å². The molecule has 0 N–H and O–H groups in total. The molecule has 2 aromatic heterocycles. The SMILES string of the molecule is Cc1cc(C)c2c(C(=O)N3CCCCCC3)cc(-c3cnc(C)nc3)nc2c1. The Morgan fingerprint density at radius 3 is 2.29 bits per heavy atom. The van der Waals surface area contributed by atoms with Crippen LogP contribution >= 0.6 is 0 Å². The Labute approximate surface area is 165 Å². The zero-order valence-electron chi connectivity index (χ0n) is 16.8. The second-order valence-electron chi connectivity index (χ2n) is 7.76. The van der Waals surface area contributed by atoms with Gasteiger partial charge in [-0.1, -0.05) is 18.9 Å². The number of carbonyl (C=O) groups excluding carboxylic acids is 1. The van der Waals surface area contributed by atoms with Crippen LogP contribution in [0.5, 0.6) is 0 Å². The predicted octanol–water partition coefficient (Wildman–Crippen LogP) is 4.63. The van der Waals surface area contributed by atoms with E-state index in [0.29, 0.717) is 0 Å². The Kier molecular flexibility index (Phi) is 5.07. The van der Waals surface area contributed by atoms with E-state index in [1.54, 1.807) is 12.4 Å². The van der Waals surface area contributed by atoms with Crippen LogP contribution in [0, 0.1) is 20.8 Å². The first kappa shape index (κ1) is 18.5. The van der Waals surface area contributed by atoms with Crippen molar-refractivity contribution in [1.29, 1.82) is 0 Å². The highest BCUT2D eigenvalue weighted by atomic mass is 16.2. The summed E-state index contributed by atoms with van der Waals surface area (Å²) in [7, 11) is 0. The topological polar surface area (TPSA) is 59.0 Å². The van der Waals surface area contributed by atoms with E-state index < -0.39 is 0 Å². The van der Waals surface area contributed by atoms with Gasteiger partial charge in [0.2, 0.25) is 0 Å². The van der Waals surface area contributed by atoms with E-state index in [9.17, 15) is 4.79 Å². The molecule has 1 aliphatic rings. The number of hydrogen-bond acceptors (Lipinski definition) is 4. The minimum Gasteiger partial charge on any atom is -0.339 e. The molecule has 1 aliphatic heterocycles. The van der Waals surface area contributed by atoms with Crippen LogP contribution in [-0.4, -0.2) is 38.8 Å². The van der Waals surface area contributed by atoms with Crippen LogP contribution in [0.2, 0.25) is 0 Å². The molecular weight excluding hydrogens is 348 g/mol. The van der Waals surface area contributed by atoms with Crippen molar-refractivity contribution >= 4 is 16.8 Å². The number of rotatable bonds is 2. The van der Waals surface area contributed by atoms with Crippen molar-refractivity contribution in [2.24, 2.45) is 0 Å². The van der Waals surface area contributed by atoms with Gasteiger partial charge in [-0.2, -0.15) is 0 Å². The maximum Gasteiger partial charge on any atom is 0.254 e. The number of aryl methyl sites for hydroxylation is 3. The van der Waals surface area contributed by atoms with Crippen molar-refractivity contribution < 1.29 is 4.79 Å². The number of likely N-dealkylation sites (tertiary alicyclic amines) is 1. The van der Waals surface area contributed by atoms with Crippen LogP contribution < -0.4 is 0 Å². The molecule has 3 aromatic rings. The van der Waals surface area contributed by atoms with E-state index in [-0.39, 0.29) is 5.91 Å². The zero-order valence-corrected chi connectivity index (χ0v) is 16.8. The second-order valence-corrected chi connectivity index (χ2v) is 7.76. The normalized spacial score (nSPS) is 14.9. The monoisotopic (exact) mass is 374 g/mol. The fraction of sp³-hybridized carbons (Fsp3) is 0.391. The van der Waals surface area contributed by atoms with E-state index in [1.165, 1.54) is 12.8 Å². The number of aromatic nitrogens is 3. The van der Waals surface area contributed by atoms with Crippen LogP contribution in [-0.2, 0) is 0 Å². The number of nitrogens with zero attached hydrogens (tertiary/aromatic N) is 4. The fourth-order valence-corrected chi connectivity index (χ4v) is 4.04. The first-order valence-corrected chi connectivity index (χ1v) is 10.0. The highest BCUT2D eigenvalue weighted by molar-refractivity contribution is 6.08. The fourth-order valence-electron chi connectivity index (χ4n) is 4.04. The molecule has 0 bridgehead atoms. The van der Waals surface area contributed by atoms with Crippen molar-refractivity contribution in [3.05, 3.63) is 53.1 Å². The molecule has 5 nitrogen and oxygen atoms in total. The first-order chi connectivity index (χ1) is 13.5. The minimum absolute atomic E-state index is 0.107. The number of amides is 1. The molecule has 0 aliphatic carbocycles. The Morgan fingerprint density at radius 2 is 1.61 bits per heavy atom. The number of fused-ring (bicyclic) bond motifs is 1. The van der Waals surface area contributed by atoms with Crippen LogP contribution in [0.25, 0.3) is 22.2 Å². The number of carbonyl (C=O) groups is 1. The Bertz CT molecular complexity index is 1020. The van der Waals surface area contributed by atoms with Gasteiger partial charge < -0.3 is 4.90 Å². The van der Waals surface area contributed by atoms with Crippen LogP contribution in [0.4, 0.5) is 0 Å². The highest BCUT2D eigenvalue weighted by Crippen LogP contribution is 2.29. The minimum atomic E-state index is 0.107. The highest BCUT2D eigenvalue weighted by Gasteiger charge is 2.22. The van der Waals surface area contributed by atoms with Crippen molar-refractivity contribution in [3.63, 3.8) is 0 Å². The van der Waals surface area contributed by atoms with Gasteiger partial charge in [-0.05, 0) is 56.9 Å². The third kappa shape index (κ3) is 3.61. The summed E-state index contributed by atoms with van der Waals surface area (Å²) >= 11 is 0. The van der Waals surface area contributed by atoms with Gasteiger partial charge in [0.15, 0.2) is 0 Å². The van der Waals surface area contributed by atoms with Crippen molar-refractivity contribution in [3.8, 4) is 11.3 Å². The largest absolute Gasteiger partial charge is 0.339 e. The zero-order chi connectivity index (χ0) is 19.7. The summed E-state index contributed by atoms with van der Waals surface area (Å²) in [6, 6.07) is 6.10. The molecule has 28 heavy (non-hydrogen) atoms. The van der Waals surface area contributed by atoms with E-state index in [1.807, 2.05) is 17.9 Å². The lowest BCUT2D eigenvalue weighted by Gasteiger charge is -2.22. The Hall–Kier alpha value is -2.82. The van der Waals surface area contributed by atoms with Gasteiger partial charge in [-0.3, -0.25) is 4.79 Å². The average Bonchev–Trinajstić information content (AvgIpc) is 2.96. The molecule has 3 heterocycles. The molecule has 0 saturated carbocycles. The number of pyridine rings is 1. The third-order valence-corrected chi connectivity index (χ3v) is 5.45. The van der Waals surface area contributed by atoms with E-state index in [0.717, 1.165) is 70.6 Å². The number of hydrogen-bond donors (Lipinski definition) is 0. The molecule has 0 unspecified atom stereocenters. The van der Waals surface area contributed by atoms with E-state index in [4.69, 9.17) is 4.98 Å². The summed E-state index contributed by atoms with van der Waals surface area (Å²) < 4.78 is 0. The summed E-state index contributed by atoms with van der Waals surface area (Å²) in [5.74, 6) is 0.827. The molecule has 144 valence electrons. The maximum atomic E-state index is 13.5. The van der Waals surface area contributed by atoms with Gasteiger partial charge >= 0.3 is 0 Å². The second kappa shape index (κ2) is 7.66. The summed E-state index contributed by atoms with van der Waals surface area (Å²) in [5, 5.41) is 0.955. The average molecular weight is 374 g/mol. The molecule has 1 amide bonds. The third-order valence-electron chi connectivity index (χ3n) is 5.45. The quantitative estimate of drug-likeness (QED) is 0.656. The molecular formula is C23H26N4O. The van der Waals surface area contributed by atoms with Gasteiger partial charge in [0.1, 0.15) is 5.82 Å². The number of benzene rings is 1. The smallest absolute Gasteiger partial charge is 0.254 e. The van der Waals surface area contributed by atoms with Crippen molar-refractivity contribution in [1.82, 2.24) is 19.9 Å². The predicted molar refractivity (Wildman–Crippen MR) is 111 cm³/mol. The molecule has 0 spiro atoms. The maximum absolute atomic E-state index is 13.5. The van der Waals surface area contributed by atoms with Crippen molar-refractivity contribution in [2.75, 3.05) is 13.1 Å². The summed E-state index contributed by atoms with van der Waals surface area (Å²) in [4.78, 5) is 29.0. The molecule has 1 saturated heterocycles. The molecule has 5 heteroatoms. The van der Waals surface area contributed by atoms with Crippen LogP contribution in [0.1, 0.15) is 53.0 Å². The Balaban J connectivity index is 1.89. The molecule has 1 aromatic carbocycles. The lowest BCUT2D eigenvalue weighted by Crippen LogP contribution is -2.32. The van der Waals surface area contributed by atoms with Crippen molar-refractivity contribution in [2.45, 2.75) is 46.5 Å². The standard InChI is InChI=1S/C23H26N4O/c1-15-10-16(2)22-19(23(28)27-8-6-4-5-7-9-27)12-20(26-21(22)11-15)18-13-24-17(3)25-14-18/h10-14H,4-9H2,1-3H3. The molecule has 0 atom stereocenters. The van der Waals surface area contributed by atoms with Gasteiger partial charge in [0.25, 0.3) is 5.91 Å². The molecule has 4 rings (SSSR count). The lowest BCUT2D eigenvalue weighted by atomic mass is 9.98. The summed E-state index contributed by atoms with van der Waals surface area (Å²) in [5.41, 5.74) is 5.40. The molecule has 0 radical (unpaired) electrons. The van der Waals surface area contributed by atoms with E-state index in [2.05, 4.69) is 35.9 Å². The lowest BCUT2D eigenvalue weighted by molar-refractivity contribution is 0.0763. The van der Waals surface area contributed by atoms with Gasteiger partial charge in [-0.25, -0.2) is 15.0 Å². The summed E-state index contributed by atoms with van der Waals surface area (Å²) in [6.07, 6.45) is 8.10. The first-order valence-electron chi connectivity index (χ1n) is 10.0. The molecule has 1 fully saturated rings. The van der Waals surface area contributed by atoms with Crippen LogP contribution in [0.15, 0.2) is 30.6 Å². The van der Waals surface area contributed by atoms with Gasteiger partial charge in [0.05, 0.1) is 16.8 Å². The van der Waals surface area contributed by atoms with E-state index >= 15 is 0 Å². The Morgan fingerprint density at radius 1 is 0.929 bits per heavy atom. The summed E-state index contributed by atoms with van der Waals surface area (Å²) in [6.45, 7) is 7.64.